The SMILES string of the molecule is Cn1nnc(Br)c1C(N)C12CC3CC(CC(C3)C1)C2. The van der Waals surface area contributed by atoms with Gasteiger partial charge in [-0.05, 0) is 77.6 Å². The fourth-order valence-corrected chi connectivity index (χ4v) is 6.09. The van der Waals surface area contributed by atoms with Crippen molar-refractivity contribution in [1.29, 1.82) is 0 Å². The number of nitrogens with zero attached hydrogens (tertiary/aromatic N) is 3. The van der Waals surface area contributed by atoms with Crippen LogP contribution in [0, 0.1) is 23.2 Å². The van der Waals surface area contributed by atoms with Crippen LogP contribution in [-0.4, -0.2) is 15.0 Å². The van der Waals surface area contributed by atoms with Crippen LogP contribution >= 0.6 is 15.9 Å². The molecule has 2 N–H and O–H groups in total. The summed E-state index contributed by atoms with van der Waals surface area (Å²) in [5.74, 6) is 2.78. The van der Waals surface area contributed by atoms with Gasteiger partial charge in [-0.3, -0.25) is 0 Å². The van der Waals surface area contributed by atoms with Crippen molar-refractivity contribution in [2.45, 2.75) is 44.6 Å². The van der Waals surface area contributed by atoms with Crippen LogP contribution in [0.2, 0.25) is 0 Å². The number of aromatic nitrogens is 3. The zero-order valence-electron chi connectivity index (χ0n) is 11.3. The van der Waals surface area contributed by atoms with E-state index in [4.69, 9.17) is 5.73 Å². The Labute approximate surface area is 122 Å². The van der Waals surface area contributed by atoms with Crippen molar-refractivity contribution in [3.05, 3.63) is 10.3 Å². The molecule has 104 valence electrons. The van der Waals surface area contributed by atoms with E-state index < -0.39 is 0 Å². The third kappa shape index (κ3) is 1.74. The fourth-order valence-electron chi connectivity index (χ4n) is 5.52. The lowest BCUT2D eigenvalue weighted by Crippen LogP contribution is -2.51. The number of hydrogen-bond acceptors (Lipinski definition) is 3. The molecule has 1 atom stereocenters. The standard InChI is InChI=1S/C14H21BrN4/c1-19-11(13(15)17-18-19)12(16)14-5-8-2-9(6-14)4-10(3-8)7-14/h8-10,12H,2-7,16H2,1H3. The van der Waals surface area contributed by atoms with Crippen LogP contribution in [0.15, 0.2) is 4.60 Å². The summed E-state index contributed by atoms with van der Waals surface area (Å²) in [6, 6.07) is 0.0790. The summed E-state index contributed by atoms with van der Waals surface area (Å²) in [5.41, 5.74) is 8.11. The Morgan fingerprint density at radius 2 is 1.74 bits per heavy atom. The summed E-state index contributed by atoms with van der Waals surface area (Å²) in [5, 5.41) is 8.22. The molecule has 5 heteroatoms. The van der Waals surface area contributed by atoms with Crippen LogP contribution in [0.3, 0.4) is 0 Å². The van der Waals surface area contributed by atoms with Crippen LogP contribution in [0.4, 0.5) is 0 Å². The van der Waals surface area contributed by atoms with E-state index in [2.05, 4.69) is 26.2 Å². The van der Waals surface area contributed by atoms with Crippen molar-refractivity contribution in [3.8, 4) is 0 Å². The summed E-state index contributed by atoms with van der Waals surface area (Å²) < 4.78 is 2.69. The molecule has 1 aromatic rings. The molecule has 4 saturated carbocycles. The summed E-state index contributed by atoms with van der Waals surface area (Å²) >= 11 is 3.52. The highest BCUT2D eigenvalue weighted by atomic mass is 79.9. The molecule has 1 unspecified atom stereocenters. The lowest BCUT2D eigenvalue weighted by molar-refractivity contribution is -0.0691. The third-order valence-corrected chi connectivity index (χ3v) is 6.43. The average Bonchev–Trinajstić information content (AvgIpc) is 2.66. The fraction of sp³-hybridized carbons (Fsp3) is 0.857. The second-order valence-corrected chi connectivity index (χ2v) is 7.90. The van der Waals surface area contributed by atoms with Gasteiger partial charge < -0.3 is 5.73 Å². The maximum atomic E-state index is 6.71. The topological polar surface area (TPSA) is 56.7 Å². The molecule has 0 saturated heterocycles. The van der Waals surface area contributed by atoms with Gasteiger partial charge in [0.25, 0.3) is 0 Å². The molecule has 0 aromatic carbocycles. The van der Waals surface area contributed by atoms with Gasteiger partial charge in [-0.15, -0.1) is 5.10 Å². The number of nitrogens with two attached hydrogens (primary N) is 1. The number of aryl methyl sites for hydroxylation is 1. The van der Waals surface area contributed by atoms with E-state index in [1.807, 2.05) is 11.7 Å². The molecule has 4 bridgehead atoms. The van der Waals surface area contributed by atoms with E-state index >= 15 is 0 Å². The average molecular weight is 325 g/mol. The Morgan fingerprint density at radius 3 is 2.16 bits per heavy atom. The molecule has 1 aromatic heterocycles. The Balaban J connectivity index is 1.72. The first-order chi connectivity index (χ1) is 9.07. The molecular weight excluding hydrogens is 304 g/mol. The smallest absolute Gasteiger partial charge is 0.153 e. The molecule has 1 heterocycles. The molecule has 4 aliphatic rings. The van der Waals surface area contributed by atoms with Gasteiger partial charge in [0.2, 0.25) is 0 Å². The van der Waals surface area contributed by atoms with Gasteiger partial charge in [-0.2, -0.15) is 0 Å². The van der Waals surface area contributed by atoms with Gasteiger partial charge in [-0.1, -0.05) is 5.21 Å². The first-order valence-electron chi connectivity index (χ1n) is 7.38. The first kappa shape index (κ1) is 12.3. The van der Waals surface area contributed by atoms with E-state index in [1.54, 1.807) is 0 Å². The van der Waals surface area contributed by atoms with Crippen molar-refractivity contribution in [2.24, 2.45) is 36.0 Å². The molecule has 4 nitrogen and oxygen atoms in total. The van der Waals surface area contributed by atoms with Gasteiger partial charge in [0, 0.05) is 7.05 Å². The minimum absolute atomic E-state index is 0.0790. The number of hydrogen-bond donors (Lipinski definition) is 1. The predicted octanol–water partition coefficient (Wildman–Crippen LogP) is 2.79. The van der Waals surface area contributed by atoms with E-state index in [0.717, 1.165) is 28.1 Å². The molecule has 0 spiro atoms. The third-order valence-electron chi connectivity index (χ3n) is 5.87. The number of halogens is 1. The van der Waals surface area contributed by atoms with Crippen molar-refractivity contribution < 1.29 is 0 Å². The van der Waals surface area contributed by atoms with E-state index in [1.165, 1.54) is 38.5 Å². The molecule has 0 amide bonds. The number of rotatable bonds is 2. The van der Waals surface area contributed by atoms with Crippen LogP contribution in [-0.2, 0) is 7.05 Å². The Hall–Kier alpha value is -0.420. The van der Waals surface area contributed by atoms with Crippen molar-refractivity contribution in [1.82, 2.24) is 15.0 Å². The zero-order chi connectivity index (χ0) is 13.2. The second kappa shape index (κ2) is 4.04. The second-order valence-electron chi connectivity index (χ2n) is 7.15. The van der Waals surface area contributed by atoms with E-state index in [-0.39, 0.29) is 6.04 Å². The van der Waals surface area contributed by atoms with Crippen LogP contribution in [0.25, 0.3) is 0 Å². The zero-order valence-corrected chi connectivity index (χ0v) is 12.9. The van der Waals surface area contributed by atoms with E-state index in [9.17, 15) is 0 Å². The molecule has 4 aliphatic carbocycles. The lowest BCUT2D eigenvalue weighted by atomic mass is 9.47. The minimum atomic E-state index is 0.0790. The molecule has 0 radical (unpaired) electrons. The largest absolute Gasteiger partial charge is 0.322 e. The van der Waals surface area contributed by atoms with Crippen LogP contribution < -0.4 is 5.73 Å². The van der Waals surface area contributed by atoms with Crippen molar-refractivity contribution in [2.75, 3.05) is 0 Å². The van der Waals surface area contributed by atoms with Gasteiger partial charge in [0.05, 0.1) is 11.7 Å². The predicted molar refractivity (Wildman–Crippen MR) is 76.2 cm³/mol. The Kier molecular flexibility index (Phi) is 2.62. The normalized spacial score (nSPS) is 41.7. The van der Waals surface area contributed by atoms with Crippen molar-refractivity contribution >= 4 is 15.9 Å². The van der Waals surface area contributed by atoms with Crippen molar-refractivity contribution in [3.63, 3.8) is 0 Å². The van der Waals surface area contributed by atoms with Crippen LogP contribution in [0.1, 0.15) is 50.3 Å². The summed E-state index contributed by atoms with van der Waals surface area (Å²) in [7, 11) is 1.95. The van der Waals surface area contributed by atoms with E-state index in [0.29, 0.717) is 5.41 Å². The maximum Gasteiger partial charge on any atom is 0.153 e. The monoisotopic (exact) mass is 324 g/mol. The molecule has 4 fully saturated rings. The van der Waals surface area contributed by atoms with Gasteiger partial charge in [-0.25, -0.2) is 4.68 Å². The maximum absolute atomic E-state index is 6.71. The minimum Gasteiger partial charge on any atom is -0.322 e. The summed E-state index contributed by atoms with van der Waals surface area (Å²) in [6.45, 7) is 0. The molecule has 19 heavy (non-hydrogen) atoms. The Morgan fingerprint density at radius 1 is 1.21 bits per heavy atom. The highest BCUT2D eigenvalue weighted by molar-refractivity contribution is 9.10. The molecule has 0 aliphatic heterocycles. The summed E-state index contributed by atoms with van der Waals surface area (Å²) in [6.07, 6.45) is 8.32. The lowest BCUT2D eigenvalue weighted by Gasteiger charge is -2.58. The highest BCUT2D eigenvalue weighted by Gasteiger charge is 2.54. The van der Waals surface area contributed by atoms with Crippen LogP contribution in [0.5, 0.6) is 0 Å². The van der Waals surface area contributed by atoms with Gasteiger partial charge >= 0.3 is 0 Å². The first-order valence-corrected chi connectivity index (χ1v) is 8.17. The Bertz CT molecular complexity index is 455. The summed E-state index contributed by atoms with van der Waals surface area (Å²) in [4.78, 5) is 0. The van der Waals surface area contributed by atoms with Gasteiger partial charge in [0.1, 0.15) is 0 Å². The highest BCUT2D eigenvalue weighted by Crippen LogP contribution is 2.63. The quantitative estimate of drug-likeness (QED) is 0.910. The van der Waals surface area contributed by atoms with Gasteiger partial charge in [0.15, 0.2) is 4.60 Å². The molecular formula is C14H21BrN4. The molecule has 5 rings (SSSR count).